The highest BCUT2D eigenvalue weighted by atomic mass is 32.2. The number of likely N-dealkylation sites (tertiary alicyclic amines) is 1. The first-order valence-corrected chi connectivity index (χ1v) is 11.7. The molecule has 1 aliphatic heterocycles. The summed E-state index contributed by atoms with van der Waals surface area (Å²) >= 11 is 0. The SMILES string of the molecule is CCOC(=O)C1CCCN(C(=O)CN(C)C(=O)CCNS(=O)(=O)c2ccc(F)c(F)c2)C1. The van der Waals surface area contributed by atoms with Crippen LogP contribution in [0.15, 0.2) is 23.1 Å². The van der Waals surface area contributed by atoms with Gasteiger partial charge in [-0.25, -0.2) is 21.9 Å². The van der Waals surface area contributed by atoms with Gasteiger partial charge in [-0.05, 0) is 38.0 Å². The van der Waals surface area contributed by atoms with Gasteiger partial charge in [0.15, 0.2) is 11.6 Å². The number of rotatable bonds is 9. The molecule has 1 unspecified atom stereocenters. The first kappa shape index (κ1) is 25.7. The van der Waals surface area contributed by atoms with Crippen LogP contribution in [0.25, 0.3) is 0 Å². The Labute approximate surface area is 185 Å². The number of hydrogen-bond acceptors (Lipinski definition) is 6. The molecule has 9 nitrogen and oxygen atoms in total. The van der Waals surface area contributed by atoms with E-state index in [2.05, 4.69) is 4.72 Å². The van der Waals surface area contributed by atoms with Crippen molar-refractivity contribution < 1.29 is 36.3 Å². The molecule has 2 amide bonds. The van der Waals surface area contributed by atoms with Crippen LogP contribution in [-0.2, 0) is 29.1 Å². The van der Waals surface area contributed by atoms with Crippen LogP contribution in [0.1, 0.15) is 26.2 Å². The molecule has 32 heavy (non-hydrogen) atoms. The summed E-state index contributed by atoms with van der Waals surface area (Å²) in [6.45, 7) is 2.18. The molecular formula is C20H27F2N3O6S. The van der Waals surface area contributed by atoms with Crippen LogP contribution >= 0.6 is 0 Å². The Morgan fingerprint density at radius 3 is 2.62 bits per heavy atom. The minimum Gasteiger partial charge on any atom is -0.466 e. The number of benzene rings is 1. The molecule has 1 aliphatic rings. The number of likely N-dealkylation sites (N-methyl/N-ethyl adjacent to an activating group) is 1. The van der Waals surface area contributed by atoms with Crippen molar-refractivity contribution in [3.05, 3.63) is 29.8 Å². The Bertz CT molecular complexity index is 957. The molecule has 1 aromatic rings. The first-order valence-electron chi connectivity index (χ1n) is 10.2. The van der Waals surface area contributed by atoms with Gasteiger partial charge in [-0.3, -0.25) is 14.4 Å². The Morgan fingerprint density at radius 2 is 1.97 bits per heavy atom. The average molecular weight is 476 g/mol. The normalized spacial score (nSPS) is 16.5. The van der Waals surface area contributed by atoms with Crippen LogP contribution in [0.4, 0.5) is 8.78 Å². The summed E-state index contributed by atoms with van der Waals surface area (Å²) in [5.41, 5.74) is 0. The van der Waals surface area contributed by atoms with E-state index in [1.165, 1.54) is 16.8 Å². The number of nitrogens with zero attached hydrogens (tertiary/aromatic N) is 2. The lowest BCUT2D eigenvalue weighted by molar-refractivity contribution is -0.152. The van der Waals surface area contributed by atoms with Crippen LogP contribution in [-0.4, -0.2) is 75.8 Å². The summed E-state index contributed by atoms with van der Waals surface area (Å²) in [6, 6.07) is 2.16. The van der Waals surface area contributed by atoms with Gasteiger partial charge in [0, 0.05) is 33.1 Å². The van der Waals surface area contributed by atoms with Crippen molar-refractivity contribution in [3.63, 3.8) is 0 Å². The quantitative estimate of drug-likeness (QED) is 0.531. The number of halogens is 2. The number of carbonyl (C=O) groups excluding carboxylic acids is 3. The van der Waals surface area contributed by atoms with Crippen molar-refractivity contribution in [3.8, 4) is 0 Å². The number of sulfonamides is 1. The minimum absolute atomic E-state index is 0.218. The molecule has 1 fully saturated rings. The van der Waals surface area contributed by atoms with E-state index in [0.717, 1.165) is 6.07 Å². The molecule has 0 bridgehead atoms. The summed E-state index contributed by atoms with van der Waals surface area (Å²) < 4.78 is 57.7. The lowest BCUT2D eigenvalue weighted by atomic mass is 9.98. The van der Waals surface area contributed by atoms with Gasteiger partial charge >= 0.3 is 5.97 Å². The van der Waals surface area contributed by atoms with Crippen molar-refractivity contribution in [2.24, 2.45) is 5.92 Å². The zero-order valence-corrected chi connectivity index (χ0v) is 18.8. The summed E-state index contributed by atoms with van der Waals surface area (Å²) in [4.78, 5) is 38.9. The van der Waals surface area contributed by atoms with Crippen LogP contribution in [0.3, 0.4) is 0 Å². The molecule has 1 heterocycles. The number of piperidine rings is 1. The Balaban J connectivity index is 1.82. The van der Waals surface area contributed by atoms with E-state index < -0.39 is 32.5 Å². The second-order valence-electron chi connectivity index (χ2n) is 7.40. The predicted octanol–water partition coefficient (Wildman–Crippen LogP) is 0.893. The molecule has 0 radical (unpaired) electrons. The maximum absolute atomic E-state index is 13.3. The van der Waals surface area contributed by atoms with Gasteiger partial charge < -0.3 is 14.5 Å². The van der Waals surface area contributed by atoms with Crippen molar-refractivity contribution in [2.75, 3.05) is 39.8 Å². The van der Waals surface area contributed by atoms with Crippen LogP contribution in [0.2, 0.25) is 0 Å². The van der Waals surface area contributed by atoms with Gasteiger partial charge in [0.05, 0.1) is 24.0 Å². The van der Waals surface area contributed by atoms with E-state index in [-0.39, 0.29) is 50.5 Å². The smallest absolute Gasteiger partial charge is 0.310 e. The maximum Gasteiger partial charge on any atom is 0.310 e. The highest BCUT2D eigenvalue weighted by Gasteiger charge is 2.30. The Morgan fingerprint density at radius 1 is 1.25 bits per heavy atom. The molecule has 0 aromatic heterocycles. The second-order valence-corrected chi connectivity index (χ2v) is 9.17. The van der Waals surface area contributed by atoms with E-state index in [1.54, 1.807) is 6.92 Å². The van der Waals surface area contributed by atoms with Crippen LogP contribution < -0.4 is 4.72 Å². The van der Waals surface area contributed by atoms with Crippen molar-refractivity contribution >= 4 is 27.8 Å². The standard InChI is InChI=1S/C20H27F2N3O6S/c1-3-31-20(28)14-5-4-10-25(12-14)19(27)13-24(2)18(26)8-9-23-32(29,30)15-6-7-16(21)17(22)11-15/h6-7,11,14,23H,3-5,8-10,12-13H2,1-2H3. The van der Waals surface area contributed by atoms with Crippen LogP contribution in [0.5, 0.6) is 0 Å². The number of nitrogens with one attached hydrogen (secondary N) is 1. The third kappa shape index (κ3) is 6.95. The van der Waals surface area contributed by atoms with Crippen LogP contribution in [0, 0.1) is 17.6 Å². The summed E-state index contributed by atoms with van der Waals surface area (Å²) in [6.07, 6.45) is 1.05. The largest absolute Gasteiger partial charge is 0.466 e. The van der Waals surface area contributed by atoms with Gasteiger partial charge in [0.25, 0.3) is 0 Å². The van der Waals surface area contributed by atoms with E-state index in [9.17, 15) is 31.6 Å². The molecular weight excluding hydrogens is 448 g/mol. The van der Waals surface area contributed by atoms with Gasteiger partial charge in [-0.2, -0.15) is 0 Å². The molecule has 0 saturated carbocycles. The highest BCUT2D eigenvalue weighted by Crippen LogP contribution is 2.18. The number of ether oxygens (including phenoxy) is 1. The number of carbonyl (C=O) groups is 3. The third-order valence-corrected chi connectivity index (χ3v) is 6.48. The molecule has 1 atom stereocenters. The molecule has 0 aliphatic carbocycles. The lowest BCUT2D eigenvalue weighted by Gasteiger charge is -2.32. The number of amides is 2. The number of esters is 1. The van der Waals surface area contributed by atoms with E-state index >= 15 is 0 Å². The zero-order chi connectivity index (χ0) is 23.9. The summed E-state index contributed by atoms with van der Waals surface area (Å²) in [5, 5.41) is 0. The molecule has 12 heteroatoms. The fraction of sp³-hybridized carbons (Fsp3) is 0.550. The zero-order valence-electron chi connectivity index (χ0n) is 18.0. The molecule has 1 aromatic carbocycles. The highest BCUT2D eigenvalue weighted by molar-refractivity contribution is 7.89. The van der Waals surface area contributed by atoms with Crippen molar-refractivity contribution in [2.45, 2.75) is 31.1 Å². The fourth-order valence-corrected chi connectivity index (χ4v) is 4.30. The topological polar surface area (TPSA) is 113 Å². The van der Waals surface area contributed by atoms with E-state index in [0.29, 0.717) is 31.5 Å². The Kier molecular flexibility index (Phi) is 9.08. The average Bonchev–Trinajstić information content (AvgIpc) is 2.75. The minimum atomic E-state index is -4.13. The van der Waals surface area contributed by atoms with E-state index in [1.807, 2.05) is 0 Å². The molecule has 1 N–H and O–H groups in total. The van der Waals surface area contributed by atoms with Gasteiger partial charge in [0.2, 0.25) is 21.8 Å². The van der Waals surface area contributed by atoms with Gasteiger partial charge in [-0.15, -0.1) is 0 Å². The summed E-state index contributed by atoms with van der Waals surface area (Å²) in [7, 11) is -2.71. The fourth-order valence-electron chi connectivity index (χ4n) is 3.26. The lowest BCUT2D eigenvalue weighted by Crippen LogP contribution is -2.47. The van der Waals surface area contributed by atoms with Gasteiger partial charge in [0.1, 0.15) is 0 Å². The summed E-state index contributed by atoms with van der Waals surface area (Å²) in [5.74, 6) is -4.01. The Hall–Kier alpha value is -2.60. The second kappa shape index (κ2) is 11.3. The first-order chi connectivity index (χ1) is 15.0. The molecule has 1 saturated heterocycles. The third-order valence-electron chi connectivity index (χ3n) is 5.02. The van der Waals surface area contributed by atoms with E-state index in [4.69, 9.17) is 4.74 Å². The molecule has 2 rings (SSSR count). The monoisotopic (exact) mass is 475 g/mol. The van der Waals surface area contributed by atoms with Crippen molar-refractivity contribution in [1.29, 1.82) is 0 Å². The molecule has 0 spiro atoms. The predicted molar refractivity (Wildman–Crippen MR) is 110 cm³/mol. The maximum atomic E-state index is 13.3. The molecule has 178 valence electrons. The number of hydrogen-bond donors (Lipinski definition) is 1. The van der Waals surface area contributed by atoms with Crippen molar-refractivity contribution in [1.82, 2.24) is 14.5 Å². The van der Waals surface area contributed by atoms with Gasteiger partial charge in [-0.1, -0.05) is 0 Å².